The third-order valence-corrected chi connectivity index (χ3v) is 4.73. The molecule has 1 aliphatic rings. The zero-order chi connectivity index (χ0) is 8.81. The van der Waals surface area contributed by atoms with E-state index in [1.165, 1.54) is 13.1 Å². The Labute approximate surface area is 81.8 Å². The summed E-state index contributed by atoms with van der Waals surface area (Å²) in [5, 5.41) is 0. The van der Waals surface area contributed by atoms with Crippen LogP contribution in [0.25, 0.3) is 0 Å². The van der Waals surface area contributed by atoms with Crippen molar-refractivity contribution in [3.63, 3.8) is 0 Å². The van der Waals surface area contributed by atoms with Gasteiger partial charge in [0.2, 0.25) is 0 Å². The Morgan fingerprint density at radius 3 is 2.00 bits per heavy atom. The Balaban J connectivity index is 2.33. The van der Waals surface area contributed by atoms with Crippen molar-refractivity contribution in [3.8, 4) is 0 Å². The molecule has 1 aliphatic heterocycles. The fourth-order valence-corrected chi connectivity index (χ4v) is 2.94. The van der Waals surface area contributed by atoms with Crippen molar-refractivity contribution < 1.29 is 4.74 Å². The third kappa shape index (κ3) is 3.42. The van der Waals surface area contributed by atoms with Crippen LogP contribution >= 0.6 is 0 Å². The van der Waals surface area contributed by atoms with Gasteiger partial charge in [0.1, 0.15) is 0 Å². The van der Waals surface area contributed by atoms with Gasteiger partial charge in [-0.25, -0.2) is 0 Å². The number of nitrogens with zero attached hydrogens (tertiary/aromatic N) is 2. The minimum atomic E-state index is -0.134. The van der Waals surface area contributed by atoms with Gasteiger partial charge in [-0.2, -0.15) is 0 Å². The Hall–Kier alpha value is 0.412. The van der Waals surface area contributed by atoms with E-state index in [1.54, 1.807) is 0 Å². The molecule has 0 radical (unpaired) electrons. The van der Waals surface area contributed by atoms with Crippen LogP contribution in [0, 0.1) is 0 Å². The lowest BCUT2D eigenvalue weighted by molar-refractivity contribution is 0.0989. The molecule has 0 N–H and O–H groups in total. The first-order valence-corrected chi connectivity index (χ1v) is 6.15. The van der Waals surface area contributed by atoms with E-state index in [1.807, 2.05) is 0 Å². The van der Waals surface area contributed by atoms with Gasteiger partial charge in [0.15, 0.2) is 0 Å². The van der Waals surface area contributed by atoms with Crippen LogP contribution in [-0.2, 0) is 4.74 Å². The monoisotopic (exact) mass is 186 g/mol. The Kier molecular flexibility index (Phi) is 5.21. The SMILES string of the molecule is CC[N]1CCOCC[N](CC)[AlH]1. The fourth-order valence-electron chi connectivity index (χ4n) is 1.43. The highest BCUT2D eigenvalue weighted by molar-refractivity contribution is 6.28. The maximum Gasteiger partial charge on any atom is 0.463 e. The van der Waals surface area contributed by atoms with Crippen molar-refractivity contribution in [3.05, 3.63) is 0 Å². The number of likely N-dealkylation sites (N-methyl/N-ethyl adjacent to an activating group) is 2. The van der Waals surface area contributed by atoms with Crippen molar-refractivity contribution in [1.29, 1.82) is 0 Å². The van der Waals surface area contributed by atoms with Crippen LogP contribution in [0.5, 0.6) is 0 Å². The molecule has 0 aromatic carbocycles. The predicted molar refractivity (Wildman–Crippen MR) is 52.5 cm³/mol. The zero-order valence-corrected chi connectivity index (χ0v) is 9.67. The quantitative estimate of drug-likeness (QED) is 0.561. The molecule has 1 heterocycles. The second kappa shape index (κ2) is 5.96. The summed E-state index contributed by atoms with van der Waals surface area (Å²) in [5.74, 6) is 0. The lowest BCUT2D eigenvalue weighted by Crippen LogP contribution is -2.46. The van der Waals surface area contributed by atoms with E-state index >= 15 is 0 Å². The minimum absolute atomic E-state index is 0.134. The second-order valence-corrected chi connectivity index (χ2v) is 5.25. The summed E-state index contributed by atoms with van der Waals surface area (Å²) < 4.78 is 10.6. The van der Waals surface area contributed by atoms with Crippen molar-refractivity contribution in [2.45, 2.75) is 13.8 Å². The summed E-state index contributed by atoms with van der Waals surface area (Å²) in [6.07, 6.45) is 0. The van der Waals surface area contributed by atoms with E-state index in [2.05, 4.69) is 21.6 Å². The van der Waals surface area contributed by atoms with Crippen LogP contribution in [0.1, 0.15) is 13.8 Å². The van der Waals surface area contributed by atoms with E-state index in [-0.39, 0.29) is 15.7 Å². The smallest absolute Gasteiger partial charge is 0.379 e. The lowest BCUT2D eigenvalue weighted by Gasteiger charge is -2.29. The first-order valence-electron chi connectivity index (χ1n) is 4.89. The number of hydrogen-bond acceptors (Lipinski definition) is 3. The molecule has 0 atom stereocenters. The molecule has 0 spiro atoms. The Bertz CT molecular complexity index is 112. The Morgan fingerprint density at radius 1 is 1.08 bits per heavy atom. The van der Waals surface area contributed by atoms with E-state index in [4.69, 9.17) is 4.74 Å². The third-order valence-electron chi connectivity index (χ3n) is 2.40. The average molecular weight is 186 g/mol. The van der Waals surface area contributed by atoms with Gasteiger partial charge >= 0.3 is 15.7 Å². The van der Waals surface area contributed by atoms with Crippen LogP contribution in [0.2, 0.25) is 0 Å². The average Bonchev–Trinajstić information content (AvgIpc) is 2.05. The van der Waals surface area contributed by atoms with E-state index in [9.17, 15) is 0 Å². The van der Waals surface area contributed by atoms with Crippen molar-refractivity contribution in [1.82, 2.24) is 7.77 Å². The standard InChI is InChI=1S/C8H18N2O.Al.H/c1-3-9-5-7-11-8-6-10-4-2;;/h3-8H2,1-2H3;;/q-2;+2;. The molecular weight excluding hydrogens is 167 g/mol. The molecule has 0 bridgehead atoms. The van der Waals surface area contributed by atoms with Crippen LogP contribution in [0.3, 0.4) is 0 Å². The normalized spacial score (nSPS) is 22.8. The molecule has 0 aliphatic carbocycles. The van der Waals surface area contributed by atoms with Gasteiger partial charge in [-0.05, 0) is 13.1 Å². The molecular formula is C8H19AlN2O. The van der Waals surface area contributed by atoms with Gasteiger partial charge in [0, 0.05) is 13.1 Å². The first-order chi connectivity index (χ1) is 5.86. The molecule has 0 aromatic heterocycles. The van der Waals surface area contributed by atoms with Crippen LogP contribution in [-0.4, -0.2) is 62.8 Å². The maximum absolute atomic E-state index is 5.48. The highest BCUT2D eigenvalue weighted by atomic mass is 27.1. The van der Waals surface area contributed by atoms with E-state index < -0.39 is 0 Å². The maximum atomic E-state index is 5.48. The molecule has 1 saturated heterocycles. The Morgan fingerprint density at radius 2 is 1.58 bits per heavy atom. The van der Waals surface area contributed by atoms with Gasteiger partial charge in [0.05, 0.1) is 13.2 Å². The molecule has 1 fully saturated rings. The van der Waals surface area contributed by atoms with Gasteiger partial charge in [0.25, 0.3) is 0 Å². The second-order valence-electron chi connectivity index (χ2n) is 3.18. The van der Waals surface area contributed by atoms with Crippen LogP contribution in [0.15, 0.2) is 0 Å². The molecule has 0 unspecified atom stereocenters. The molecule has 0 amide bonds. The zero-order valence-electron chi connectivity index (χ0n) is 8.25. The van der Waals surface area contributed by atoms with Gasteiger partial charge in [-0.15, -0.1) is 0 Å². The predicted octanol–water partition coefficient (Wildman–Crippen LogP) is -0.0731. The van der Waals surface area contributed by atoms with Crippen LogP contribution < -0.4 is 0 Å². The summed E-state index contributed by atoms with van der Waals surface area (Å²) in [6.45, 7) is 11.0. The number of hydrogen-bond donors (Lipinski definition) is 0. The molecule has 1 rings (SSSR count). The summed E-state index contributed by atoms with van der Waals surface area (Å²) in [7, 11) is 0. The summed E-state index contributed by atoms with van der Waals surface area (Å²) in [5.41, 5.74) is 0. The summed E-state index contributed by atoms with van der Waals surface area (Å²) >= 11 is -0.134. The first kappa shape index (κ1) is 10.5. The molecule has 3 nitrogen and oxygen atoms in total. The van der Waals surface area contributed by atoms with Crippen molar-refractivity contribution in [2.24, 2.45) is 0 Å². The molecule has 70 valence electrons. The number of rotatable bonds is 2. The molecule has 4 heteroatoms. The van der Waals surface area contributed by atoms with Crippen molar-refractivity contribution >= 4 is 15.7 Å². The minimum Gasteiger partial charge on any atom is -0.379 e. The molecule has 12 heavy (non-hydrogen) atoms. The van der Waals surface area contributed by atoms with E-state index in [0.717, 1.165) is 26.3 Å². The highest BCUT2D eigenvalue weighted by Gasteiger charge is 2.15. The molecule has 0 saturated carbocycles. The largest absolute Gasteiger partial charge is 0.463 e. The summed E-state index contributed by atoms with van der Waals surface area (Å²) in [4.78, 5) is 0. The number of ether oxygens (including phenoxy) is 1. The van der Waals surface area contributed by atoms with Crippen LogP contribution in [0.4, 0.5) is 0 Å². The highest BCUT2D eigenvalue weighted by Crippen LogP contribution is 1.95. The lowest BCUT2D eigenvalue weighted by atomic mass is 10.6. The van der Waals surface area contributed by atoms with Crippen molar-refractivity contribution in [2.75, 3.05) is 39.4 Å². The van der Waals surface area contributed by atoms with Gasteiger partial charge in [-0.1, -0.05) is 13.8 Å². The summed E-state index contributed by atoms with van der Waals surface area (Å²) in [6, 6.07) is 0. The topological polar surface area (TPSA) is 15.7 Å². The van der Waals surface area contributed by atoms with E-state index in [0.29, 0.717) is 0 Å². The molecule has 0 aromatic rings. The van der Waals surface area contributed by atoms with Gasteiger partial charge in [-0.3, -0.25) is 0 Å². The fraction of sp³-hybridized carbons (Fsp3) is 1.00. The van der Waals surface area contributed by atoms with Gasteiger partial charge < -0.3 is 12.5 Å².